The van der Waals surface area contributed by atoms with Crippen molar-refractivity contribution >= 4 is 11.6 Å². The Bertz CT molecular complexity index is 958. The van der Waals surface area contributed by atoms with Crippen LogP contribution in [0.15, 0.2) is 48.2 Å². The van der Waals surface area contributed by atoms with Crippen LogP contribution in [0.1, 0.15) is 48.9 Å². The molecule has 1 aliphatic carbocycles. The molecule has 0 fully saturated rings. The number of fused-ring (bicyclic) bond motifs is 1. The highest BCUT2D eigenvalue weighted by Gasteiger charge is 2.18. The molecule has 2 N–H and O–H groups in total. The van der Waals surface area contributed by atoms with Crippen LogP contribution in [0.2, 0.25) is 0 Å². The summed E-state index contributed by atoms with van der Waals surface area (Å²) in [4.78, 5) is 12.6. The minimum atomic E-state index is -0.806. The van der Waals surface area contributed by atoms with Crippen molar-refractivity contribution in [2.45, 2.75) is 45.1 Å². The van der Waals surface area contributed by atoms with Crippen molar-refractivity contribution in [1.29, 1.82) is 5.26 Å². The van der Waals surface area contributed by atoms with Crippen molar-refractivity contribution in [3.63, 3.8) is 0 Å². The summed E-state index contributed by atoms with van der Waals surface area (Å²) in [6.45, 7) is 1.95. The van der Waals surface area contributed by atoms with E-state index in [-0.39, 0.29) is 11.6 Å². The van der Waals surface area contributed by atoms with Crippen molar-refractivity contribution in [1.82, 2.24) is 5.32 Å². The standard InChI is InChI=1S/C23H23F2N3O/c1-2-21(17-11-10-15-6-3-4-7-16(15)12-17)28-23(29)18(13-26)14-27-22-19(24)8-5-9-20(22)25/h5,8-12,14,21,27H,2-4,6-7H2,1H3,(H,28,29)/b18-14-. The average molecular weight is 395 g/mol. The lowest BCUT2D eigenvalue weighted by Gasteiger charge is -2.21. The molecule has 0 spiro atoms. The Morgan fingerprint density at radius 3 is 2.52 bits per heavy atom. The van der Waals surface area contributed by atoms with Gasteiger partial charge in [0.1, 0.15) is 29.0 Å². The van der Waals surface area contributed by atoms with E-state index in [1.807, 2.05) is 13.0 Å². The smallest absolute Gasteiger partial charge is 0.263 e. The number of para-hydroxylation sites is 1. The number of hydrogen-bond acceptors (Lipinski definition) is 3. The maximum absolute atomic E-state index is 13.7. The highest BCUT2D eigenvalue weighted by molar-refractivity contribution is 5.97. The molecule has 3 rings (SSSR count). The minimum Gasteiger partial charge on any atom is -0.355 e. The molecule has 4 nitrogen and oxygen atoms in total. The zero-order valence-electron chi connectivity index (χ0n) is 16.3. The van der Waals surface area contributed by atoms with Gasteiger partial charge in [-0.15, -0.1) is 0 Å². The van der Waals surface area contributed by atoms with Crippen LogP contribution in [0, 0.1) is 23.0 Å². The zero-order valence-corrected chi connectivity index (χ0v) is 16.3. The van der Waals surface area contributed by atoms with E-state index in [4.69, 9.17) is 0 Å². The number of hydrogen-bond donors (Lipinski definition) is 2. The number of nitriles is 1. The second-order valence-corrected chi connectivity index (χ2v) is 7.08. The molecule has 0 bridgehead atoms. The van der Waals surface area contributed by atoms with Crippen molar-refractivity contribution in [2.24, 2.45) is 0 Å². The fraction of sp³-hybridized carbons (Fsp3) is 0.304. The lowest BCUT2D eigenvalue weighted by atomic mass is 9.88. The van der Waals surface area contributed by atoms with Crippen LogP contribution >= 0.6 is 0 Å². The van der Waals surface area contributed by atoms with Crippen LogP contribution < -0.4 is 10.6 Å². The van der Waals surface area contributed by atoms with Crippen LogP contribution in [0.5, 0.6) is 0 Å². The maximum Gasteiger partial charge on any atom is 0.263 e. The predicted octanol–water partition coefficient (Wildman–Crippen LogP) is 4.93. The van der Waals surface area contributed by atoms with Gasteiger partial charge < -0.3 is 10.6 Å². The van der Waals surface area contributed by atoms with E-state index in [1.54, 1.807) is 6.07 Å². The Morgan fingerprint density at radius 1 is 1.17 bits per heavy atom. The van der Waals surface area contributed by atoms with Gasteiger partial charge in [0, 0.05) is 6.20 Å². The number of halogens is 2. The van der Waals surface area contributed by atoms with Crippen molar-refractivity contribution in [3.05, 3.63) is 76.5 Å². The summed E-state index contributed by atoms with van der Waals surface area (Å²) in [5, 5.41) is 14.6. The van der Waals surface area contributed by atoms with Crippen LogP contribution in [0.4, 0.5) is 14.5 Å². The number of nitrogens with zero attached hydrogens (tertiary/aromatic N) is 1. The predicted molar refractivity (Wildman–Crippen MR) is 108 cm³/mol. The summed E-state index contributed by atoms with van der Waals surface area (Å²) >= 11 is 0. The third-order valence-corrected chi connectivity index (χ3v) is 5.18. The van der Waals surface area contributed by atoms with Crippen molar-refractivity contribution < 1.29 is 13.6 Å². The second kappa shape index (κ2) is 9.33. The Balaban J connectivity index is 1.74. The zero-order chi connectivity index (χ0) is 20.8. The van der Waals surface area contributed by atoms with Gasteiger partial charge in [0.05, 0.1) is 6.04 Å². The molecule has 0 saturated heterocycles. The number of amides is 1. The number of carbonyl (C=O) groups excluding carboxylic acids is 1. The van der Waals surface area contributed by atoms with Gasteiger partial charge in [-0.3, -0.25) is 4.79 Å². The van der Waals surface area contributed by atoms with Gasteiger partial charge in [-0.05, 0) is 60.9 Å². The van der Waals surface area contributed by atoms with Crippen LogP contribution in [-0.2, 0) is 17.6 Å². The molecule has 2 aromatic rings. The molecule has 6 heteroatoms. The van der Waals surface area contributed by atoms with Gasteiger partial charge in [0.25, 0.3) is 5.91 Å². The quantitative estimate of drug-likeness (QED) is 0.538. The van der Waals surface area contributed by atoms with E-state index >= 15 is 0 Å². The third kappa shape index (κ3) is 4.80. The van der Waals surface area contributed by atoms with Crippen molar-refractivity contribution in [2.75, 3.05) is 5.32 Å². The molecule has 0 aliphatic heterocycles. The molecule has 2 aromatic carbocycles. The van der Waals surface area contributed by atoms with Crippen LogP contribution in [-0.4, -0.2) is 5.91 Å². The fourth-order valence-corrected chi connectivity index (χ4v) is 3.56. The molecular formula is C23H23F2N3O. The highest BCUT2D eigenvalue weighted by atomic mass is 19.1. The average Bonchev–Trinajstić information content (AvgIpc) is 2.73. The Kier molecular flexibility index (Phi) is 6.61. The van der Waals surface area contributed by atoms with Gasteiger partial charge in [-0.2, -0.15) is 5.26 Å². The normalized spacial score (nSPS) is 14.5. The second-order valence-electron chi connectivity index (χ2n) is 7.08. The molecule has 150 valence electrons. The molecule has 0 saturated carbocycles. The molecule has 1 unspecified atom stereocenters. The fourth-order valence-electron chi connectivity index (χ4n) is 3.56. The molecule has 1 amide bonds. The molecular weight excluding hydrogens is 372 g/mol. The number of benzene rings is 2. The third-order valence-electron chi connectivity index (χ3n) is 5.18. The topological polar surface area (TPSA) is 64.9 Å². The van der Waals surface area contributed by atoms with Gasteiger partial charge in [-0.25, -0.2) is 8.78 Å². The first-order valence-corrected chi connectivity index (χ1v) is 9.76. The van der Waals surface area contributed by atoms with Crippen molar-refractivity contribution in [3.8, 4) is 6.07 Å². The minimum absolute atomic E-state index is 0.253. The Hall–Kier alpha value is -3.20. The first-order chi connectivity index (χ1) is 14.0. The van der Waals surface area contributed by atoms with E-state index < -0.39 is 23.2 Å². The Morgan fingerprint density at radius 2 is 1.86 bits per heavy atom. The Labute approximate surface area is 169 Å². The largest absolute Gasteiger partial charge is 0.355 e. The van der Waals surface area contributed by atoms with Gasteiger partial charge in [0.15, 0.2) is 0 Å². The highest BCUT2D eigenvalue weighted by Crippen LogP contribution is 2.26. The van der Waals surface area contributed by atoms with E-state index in [0.29, 0.717) is 6.42 Å². The summed E-state index contributed by atoms with van der Waals surface area (Å²) in [5.41, 5.74) is 3.00. The van der Waals surface area contributed by atoms with Crippen LogP contribution in [0.25, 0.3) is 0 Å². The van der Waals surface area contributed by atoms with Crippen LogP contribution in [0.3, 0.4) is 0 Å². The summed E-state index contributed by atoms with van der Waals surface area (Å²) in [6.07, 6.45) is 6.16. The van der Waals surface area contributed by atoms with Gasteiger partial charge in [0.2, 0.25) is 0 Å². The van der Waals surface area contributed by atoms with E-state index in [9.17, 15) is 18.8 Å². The SMILES string of the molecule is CCC(NC(=O)/C(C#N)=C\Nc1c(F)cccc1F)c1ccc2c(c1)CCCC2. The summed E-state index contributed by atoms with van der Waals surface area (Å²) in [5.74, 6) is -2.21. The first-order valence-electron chi connectivity index (χ1n) is 9.76. The summed E-state index contributed by atoms with van der Waals surface area (Å²) < 4.78 is 27.4. The van der Waals surface area contributed by atoms with Gasteiger partial charge >= 0.3 is 0 Å². The molecule has 0 heterocycles. The van der Waals surface area contributed by atoms with E-state index in [1.165, 1.54) is 30.0 Å². The molecule has 0 radical (unpaired) electrons. The number of nitrogens with one attached hydrogen (secondary N) is 2. The van der Waals surface area contributed by atoms with E-state index in [0.717, 1.165) is 36.7 Å². The molecule has 1 atom stereocenters. The monoisotopic (exact) mass is 395 g/mol. The molecule has 1 aliphatic rings. The number of carbonyl (C=O) groups is 1. The molecule has 29 heavy (non-hydrogen) atoms. The summed E-state index contributed by atoms with van der Waals surface area (Å²) in [7, 11) is 0. The number of anilines is 1. The lowest BCUT2D eigenvalue weighted by Crippen LogP contribution is -2.29. The first kappa shape index (κ1) is 20.5. The number of rotatable bonds is 6. The lowest BCUT2D eigenvalue weighted by molar-refractivity contribution is -0.117. The maximum atomic E-state index is 13.7. The number of aryl methyl sites for hydroxylation is 2. The summed E-state index contributed by atoms with van der Waals surface area (Å²) in [6, 6.07) is 11.2. The molecule has 0 aromatic heterocycles. The van der Waals surface area contributed by atoms with Gasteiger partial charge in [-0.1, -0.05) is 31.2 Å². The van der Waals surface area contributed by atoms with E-state index in [2.05, 4.69) is 22.8 Å².